The first-order valence-electron chi connectivity index (χ1n) is 4.68. The molecule has 0 aromatic heterocycles. The average molecular weight is 209 g/mol. The lowest BCUT2D eigenvalue weighted by atomic mass is 10.0. The highest BCUT2D eigenvalue weighted by Gasteiger charge is 2.09. The summed E-state index contributed by atoms with van der Waals surface area (Å²) in [6.45, 7) is 4.17. The zero-order chi connectivity index (χ0) is 10.3. The van der Waals surface area contributed by atoms with Crippen molar-refractivity contribution in [3.8, 4) is 0 Å². The molecule has 1 N–H and O–H groups in total. The molecular weight excluding hydrogens is 191 g/mol. The third kappa shape index (κ3) is 8.44. The van der Waals surface area contributed by atoms with Gasteiger partial charge in [0.05, 0.1) is 6.61 Å². The molecule has 0 saturated carbocycles. The summed E-state index contributed by atoms with van der Waals surface area (Å²) >= 11 is 0. The normalized spacial score (nSPS) is 18.2. The number of hydrogen-bond donors (Lipinski definition) is 1. The van der Waals surface area contributed by atoms with Gasteiger partial charge in [-0.05, 0) is 12.3 Å². The van der Waals surface area contributed by atoms with E-state index in [0.29, 0.717) is 0 Å². The molecule has 0 bridgehead atoms. The van der Waals surface area contributed by atoms with E-state index in [1.54, 1.807) is 0 Å². The van der Waals surface area contributed by atoms with Crippen molar-refractivity contribution in [1.29, 1.82) is 0 Å². The fourth-order valence-corrected chi connectivity index (χ4v) is 1.50. The van der Waals surface area contributed by atoms with E-state index in [4.69, 9.17) is 4.89 Å². The second kappa shape index (κ2) is 6.55. The lowest BCUT2D eigenvalue weighted by Crippen LogP contribution is -2.11. The summed E-state index contributed by atoms with van der Waals surface area (Å²) in [4.78, 5) is 18.7. The summed E-state index contributed by atoms with van der Waals surface area (Å²) in [6.07, 6.45) is 3.98. The van der Waals surface area contributed by atoms with Gasteiger partial charge in [-0.1, -0.05) is 33.1 Å². The zero-order valence-corrected chi connectivity index (χ0v) is 9.13. The molecule has 0 spiro atoms. The molecule has 2 unspecified atom stereocenters. The van der Waals surface area contributed by atoms with Gasteiger partial charge in [0.25, 0.3) is 7.82 Å². The van der Waals surface area contributed by atoms with Crippen LogP contribution in [0.3, 0.4) is 0 Å². The van der Waals surface area contributed by atoms with Crippen molar-refractivity contribution < 1.29 is 18.9 Å². The van der Waals surface area contributed by atoms with Crippen LogP contribution in [0.2, 0.25) is 0 Å². The van der Waals surface area contributed by atoms with E-state index in [1.165, 1.54) is 0 Å². The van der Waals surface area contributed by atoms with Gasteiger partial charge in [0, 0.05) is 0 Å². The predicted molar refractivity (Wildman–Crippen MR) is 49.1 cm³/mol. The van der Waals surface area contributed by atoms with Crippen LogP contribution in [-0.2, 0) is 9.09 Å². The Kier molecular flexibility index (Phi) is 6.60. The van der Waals surface area contributed by atoms with Gasteiger partial charge >= 0.3 is 0 Å². The molecule has 0 aliphatic carbocycles. The van der Waals surface area contributed by atoms with Gasteiger partial charge in [0.15, 0.2) is 0 Å². The van der Waals surface area contributed by atoms with Gasteiger partial charge in [-0.3, -0.25) is 4.57 Å². The van der Waals surface area contributed by atoms with Crippen LogP contribution in [0.1, 0.15) is 39.5 Å². The molecule has 0 amide bonds. The van der Waals surface area contributed by atoms with Crippen molar-refractivity contribution in [2.45, 2.75) is 39.5 Å². The third-order valence-electron chi connectivity index (χ3n) is 2.02. The number of phosphoric acid groups is 1. The van der Waals surface area contributed by atoms with E-state index < -0.39 is 7.82 Å². The minimum Gasteiger partial charge on any atom is -0.756 e. The topological polar surface area (TPSA) is 69.6 Å². The lowest BCUT2D eigenvalue weighted by molar-refractivity contribution is -0.220. The molecule has 0 aromatic rings. The van der Waals surface area contributed by atoms with Crippen LogP contribution in [0.5, 0.6) is 0 Å². The first kappa shape index (κ1) is 13.1. The van der Waals surface area contributed by atoms with Crippen molar-refractivity contribution in [3.63, 3.8) is 0 Å². The van der Waals surface area contributed by atoms with Gasteiger partial charge < -0.3 is 14.3 Å². The van der Waals surface area contributed by atoms with Crippen LogP contribution in [0.25, 0.3) is 0 Å². The van der Waals surface area contributed by atoms with Crippen LogP contribution < -0.4 is 4.89 Å². The van der Waals surface area contributed by atoms with Crippen LogP contribution in [0, 0.1) is 5.92 Å². The smallest absolute Gasteiger partial charge is 0.265 e. The Balaban J connectivity index is 3.65. The maximum Gasteiger partial charge on any atom is 0.265 e. The van der Waals surface area contributed by atoms with E-state index in [2.05, 4.69) is 11.4 Å². The van der Waals surface area contributed by atoms with Crippen molar-refractivity contribution >= 4 is 7.82 Å². The molecular formula is C8H18O4P-. The van der Waals surface area contributed by atoms with Crippen molar-refractivity contribution in [2.24, 2.45) is 5.92 Å². The maximum absolute atomic E-state index is 10.3. The highest BCUT2D eigenvalue weighted by Crippen LogP contribution is 2.32. The van der Waals surface area contributed by atoms with Gasteiger partial charge in [-0.15, -0.1) is 0 Å². The molecule has 0 aromatic carbocycles. The monoisotopic (exact) mass is 209 g/mol. The minimum atomic E-state index is -4.51. The molecule has 13 heavy (non-hydrogen) atoms. The van der Waals surface area contributed by atoms with E-state index in [0.717, 1.165) is 25.7 Å². The number of phosphoric ester groups is 1. The number of hydrogen-bond acceptors (Lipinski definition) is 3. The summed E-state index contributed by atoms with van der Waals surface area (Å²) in [5.41, 5.74) is 0. The van der Waals surface area contributed by atoms with Crippen molar-refractivity contribution in [1.82, 2.24) is 0 Å². The molecule has 5 heteroatoms. The zero-order valence-electron chi connectivity index (χ0n) is 8.23. The summed E-state index contributed by atoms with van der Waals surface area (Å²) in [5, 5.41) is 0. The Morgan fingerprint density at radius 2 is 2.15 bits per heavy atom. The Hall–Kier alpha value is 0.110. The summed E-state index contributed by atoms with van der Waals surface area (Å²) < 4.78 is 14.6. The maximum atomic E-state index is 10.3. The highest BCUT2D eigenvalue weighted by atomic mass is 31.2. The Labute approximate surface area is 79.5 Å². The van der Waals surface area contributed by atoms with Crippen LogP contribution in [0.4, 0.5) is 0 Å². The quantitative estimate of drug-likeness (QED) is 0.647. The van der Waals surface area contributed by atoms with Gasteiger partial charge in [0.2, 0.25) is 0 Å². The standard InChI is InChI=1S/C8H19O4P/c1-3-5-6-8(4-2)7-12-13(9,10)11/h8H,3-7H2,1-2H3,(H2,9,10,11)/p-1. The first-order chi connectivity index (χ1) is 5.99. The Morgan fingerprint density at radius 1 is 1.54 bits per heavy atom. The summed E-state index contributed by atoms with van der Waals surface area (Å²) in [6, 6.07) is 0. The van der Waals surface area contributed by atoms with Gasteiger partial charge in [-0.25, -0.2) is 0 Å². The number of unbranched alkanes of at least 4 members (excludes halogenated alkanes) is 1. The van der Waals surface area contributed by atoms with E-state index in [1.807, 2.05) is 6.92 Å². The largest absolute Gasteiger partial charge is 0.756 e. The third-order valence-corrected chi connectivity index (χ3v) is 2.49. The summed E-state index contributed by atoms with van der Waals surface area (Å²) in [5.74, 6) is 0.231. The fourth-order valence-electron chi connectivity index (χ4n) is 1.10. The molecule has 0 heterocycles. The highest BCUT2D eigenvalue weighted by molar-refractivity contribution is 7.44. The first-order valence-corrected chi connectivity index (χ1v) is 6.17. The molecule has 80 valence electrons. The van der Waals surface area contributed by atoms with Crippen LogP contribution in [0.15, 0.2) is 0 Å². The van der Waals surface area contributed by atoms with E-state index in [9.17, 15) is 9.46 Å². The van der Waals surface area contributed by atoms with Gasteiger partial charge in [-0.2, -0.15) is 0 Å². The van der Waals surface area contributed by atoms with E-state index in [-0.39, 0.29) is 12.5 Å². The van der Waals surface area contributed by atoms with Gasteiger partial charge in [0.1, 0.15) is 0 Å². The van der Waals surface area contributed by atoms with Crippen molar-refractivity contribution in [2.75, 3.05) is 6.61 Å². The minimum absolute atomic E-state index is 0.105. The predicted octanol–water partition coefficient (Wildman–Crippen LogP) is 1.68. The van der Waals surface area contributed by atoms with E-state index >= 15 is 0 Å². The van der Waals surface area contributed by atoms with Crippen LogP contribution >= 0.6 is 7.82 Å². The van der Waals surface area contributed by atoms with Crippen molar-refractivity contribution in [3.05, 3.63) is 0 Å². The molecule has 0 aliphatic heterocycles. The molecule has 4 nitrogen and oxygen atoms in total. The molecule has 0 aliphatic rings. The molecule has 0 radical (unpaired) electrons. The second-order valence-corrected chi connectivity index (χ2v) is 4.38. The summed E-state index contributed by atoms with van der Waals surface area (Å²) in [7, 11) is -4.51. The Morgan fingerprint density at radius 3 is 2.54 bits per heavy atom. The molecule has 2 atom stereocenters. The fraction of sp³-hybridized carbons (Fsp3) is 1.00. The average Bonchev–Trinajstić information content (AvgIpc) is 2.03. The second-order valence-electron chi connectivity index (χ2n) is 3.18. The SMILES string of the molecule is CCCCC(CC)COP(=O)([O-])O. The molecule has 0 fully saturated rings. The Bertz CT molecular complexity index is 166. The molecule has 0 rings (SSSR count). The lowest BCUT2D eigenvalue weighted by Gasteiger charge is -2.20. The van der Waals surface area contributed by atoms with Crippen LogP contribution in [-0.4, -0.2) is 11.5 Å². The number of rotatable bonds is 7. The molecule has 0 saturated heterocycles.